The second-order valence-corrected chi connectivity index (χ2v) is 8.14. The molecular weight excluding hydrogens is 416 g/mol. The highest BCUT2D eigenvalue weighted by atomic mass is 32.1. The zero-order chi connectivity index (χ0) is 21.4. The summed E-state index contributed by atoms with van der Waals surface area (Å²) in [5.74, 6) is -0.239. The van der Waals surface area contributed by atoms with E-state index in [0.29, 0.717) is 12.2 Å². The van der Waals surface area contributed by atoms with Crippen LogP contribution >= 0.6 is 11.3 Å². The quantitative estimate of drug-likeness (QED) is 0.476. The summed E-state index contributed by atoms with van der Waals surface area (Å²) in [7, 11) is 0. The molecule has 0 N–H and O–H groups in total. The van der Waals surface area contributed by atoms with Gasteiger partial charge in [-0.05, 0) is 36.1 Å². The summed E-state index contributed by atoms with van der Waals surface area (Å²) < 4.78 is 11.8. The molecule has 1 amide bonds. The van der Waals surface area contributed by atoms with Crippen LogP contribution in [0.4, 0.5) is 0 Å². The number of hydrazone groups is 1. The first kappa shape index (κ1) is 19.3. The number of hydrogen-bond acceptors (Lipinski definition) is 7. The van der Waals surface area contributed by atoms with E-state index in [1.54, 1.807) is 18.4 Å². The van der Waals surface area contributed by atoms with Gasteiger partial charge in [0, 0.05) is 6.42 Å². The minimum Gasteiger partial charge on any atom is -0.467 e. The molecule has 1 aliphatic rings. The van der Waals surface area contributed by atoms with E-state index >= 15 is 0 Å². The standard InChI is InChI=1S/C22H18N4O4S/c1-14-6-8-15(9-7-14)16-12-17(18-4-2-10-29-18)26(23-16)20(27)13-25-22(28)30-21(24-25)19-5-3-11-31-19/h2-11,17H,12-13H2,1H3/t17-/m0/s1. The second kappa shape index (κ2) is 7.84. The van der Waals surface area contributed by atoms with Gasteiger partial charge in [-0.1, -0.05) is 35.9 Å². The molecule has 0 radical (unpaired) electrons. The van der Waals surface area contributed by atoms with Crippen LogP contribution in [0, 0.1) is 6.92 Å². The molecule has 1 aliphatic heterocycles. The van der Waals surface area contributed by atoms with Crippen LogP contribution in [0.25, 0.3) is 10.8 Å². The average molecular weight is 434 g/mol. The zero-order valence-corrected chi connectivity index (χ0v) is 17.4. The van der Waals surface area contributed by atoms with Gasteiger partial charge in [0.25, 0.3) is 11.8 Å². The molecule has 31 heavy (non-hydrogen) atoms. The molecule has 3 aromatic heterocycles. The molecule has 156 valence electrons. The molecule has 0 aliphatic carbocycles. The lowest BCUT2D eigenvalue weighted by Gasteiger charge is -2.19. The van der Waals surface area contributed by atoms with E-state index in [1.165, 1.54) is 16.3 Å². The number of thiophene rings is 1. The number of furan rings is 1. The molecule has 1 atom stereocenters. The summed E-state index contributed by atoms with van der Waals surface area (Å²) in [4.78, 5) is 26.1. The molecule has 8 nitrogen and oxygen atoms in total. The third kappa shape index (κ3) is 3.75. The molecule has 0 bridgehead atoms. The topological polar surface area (TPSA) is 93.8 Å². The van der Waals surface area contributed by atoms with Crippen molar-refractivity contribution >= 4 is 23.0 Å². The Kier molecular flexibility index (Phi) is 4.87. The molecule has 0 saturated heterocycles. The van der Waals surface area contributed by atoms with Crippen LogP contribution in [-0.2, 0) is 11.3 Å². The van der Waals surface area contributed by atoms with Crippen LogP contribution in [0.3, 0.4) is 0 Å². The predicted molar refractivity (Wildman–Crippen MR) is 115 cm³/mol. The Balaban J connectivity index is 1.43. The van der Waals surface area contributed by atoms with Crippen molar-refractivity contribution in [2.24, 2.45) is 5.10 Å². The van der Waals surface area contributed by atoms with Crippen LogP contribution in [0.1, 0.15) is 29.3 Å². The first-order chi connectivity index (χ1) is 15.1. The second-order valence-electron chi connectivity index (χ2n) is 7.19. The first-order valence-electron chi connectivity index (χ1n) is 9.70. The van der Waals surface area contributed by atoms with Gasteiger partial charge in [-0.3, -0.25) is 4.79 Å². The van der Waals surface area contributed by atoms with E-state index in [9.17, 15) is 9.59 Å². The van der Waals surface area contributed by atoms with Crippen LogP contribution in [0.2, 0.25) is 0 Å². The highest BCUT2D eigenvalue weighted by Gasteiger charge is 2.35. The van der Waals surface area contributed by atoms with Crippen molar-refractivity contribution in [1.29, 1.82) is 0 Å². The minimum absolute atomic E-state index is 0.195. The summed E-state index contributed by atoms with van der Waals surface area (Å²) >= 11 is 1.40. The Morgan fingerprint density at radius 3 is 2.74 bits per heavy atom. The minimum atomic E-state index is -0.687. The van der Waals surface area contributed by atoms with Crippen molar-refractivity contribution in [2.75, 3.05) is 0 Å². The molecule has 0 unspecified atom stereocenters. The third-order valence-electron chi connectivity index (χ3n) is 5.05. The number of amides is 1. The number of hydrogen-bond donors (Lipinski definition) is 0. The highest BCUT2D eigenvalue weighted by molar-refractivity contribution is 7.13. The van der Waals surface area contributed by atoms with Crippen LogP contribution in [0.5, 0.6) is 0 Å². The van der Waals surface area contributed by atoms with E-state index in [2.05, 4.69) is 10.2 Å². The van der Waals surface area contributed by atoms with E-state index in [1.807, 2.05) is 48.7 Å². The maximum absolute atomic E-state index is 13.1. The van der Waals surface area contributed by atoms with Gasteiger partial charge in [-0.25, -0.2) is 9.80 Å². The number of rotatable bonds is 5. The lowest BCUT2D eigenvalue weighted by molar-refractivity contribution is -0.134. The molecule has 0 spiro atoms. The van der Waals surface area contributed by atoms with Gasteiger partial charge in [-0.2, -0.15) is 9.78 Å². The monoisotopic (exact) mass is 434 g/mol. The number of carbonyl (C=O) groups is 1. The lowest BCUT2D eigenvalue weighted by atomic mass is 10.0. The highest BCUT2D eigenvalue weighted by Crippen LogP contribution is 2.33. The summed E-state index contributed by atoms with van der Waals surface area (Å²) in [6, 6.07) is 14.8. The fourth-order valence-electron chi connectivity index (χ4n) is 3.47. The Labute approximate surface area is 181 Å². The average Bonchev–Trinajstić information content (AvgIpc) is 3.55. The third-order valence-corrected chi connectivity index (χ3v) is 5.90. The van der Waals surface area contributed by atoms with E-state index < -0.39 is 11.8 Å². The Morgan fingerprint density at radius 2 is 2.03 bits per heavy atom. The van der Waals surface area contributed by atoms with Crippen LogP contribution in [0.15, 0.2) is 78.9 Å². The SMILES string of the molecule is Cc1ccc(C2=NN(C(=O)Cn3nc(-c4cccs4)oc3=O)[C@H](c3ccco3)C2)cc1. The van der Waals surface area contributed by atoms with Crippen molar-refractivity contribution in [3.63, 3.8) is 0 Å². The van der Waals surface area contributed by atoms with E-state index in [-0.39, 0.29) is 18.3 Å². The largest absolute Gasteiger partial charge is 0.467 e. The molecule has 4 heterocycles. The molecule has 9 heteroatoms. The number of nitrogens with zero attached hydrogens (tertiary/aromatic N) is 4. The first-order valence-corrected chi connectivity index (χ1v) is 10.6. The van der Waals surface area contributed by atoms with Gasteiger partial charge in [0.2, 0.25) is 0 Å². The predicted octanol–water partition coefficient (Wildman–Crippen LogP) is 3.84. The van der Waals surface area contributed by atoms with Crippen molar-refractivity contribution < 1.29 is 13.6 Å². The maximum atomic E-state index is 13.1. The lowest BCUT2D eigenvalue weighted by Crippen LogP contribution is -2.33. The van der Waals surface area contributed by atoms with Gasteiger partial charge in [0.05, 0.1) is 16.9 Å². The molecule has 5 rings (SSSR count). The smallest absolute Gasteiger partial charge is 0.437 e. The Morgan fingerprint density at radius 1 is 1.19 bits per heavy atom. The van der Waals surface area contributed by atoms with Gasteiger partial charge in [-0.15, -0.1) is 16.4 Å². The Bertz CT molecular complexity index is 1280. The molecule has 0 saturated carbocycles. The van der Waals surface area contributed by atoms with Crippen molar-refractivity contribution in [1.82, 2.24) is 14.8 Å². The van der Waals surface area contributed by atoms with Crippen LogP contribution < -0.4 is 5.76 Å². The van der Waals surface area contributed by atoms with Crippen LogP contribution in [-0.4, -0.2) is 26.4 Å². The van der Waals surface area contributed by atoms with Gasteiger partial charge < -0.3 is 8.83 Å². The summed E-state index contributed by atoms with van der Waals surface area (Å²) in [6.07, 6.45) is 2.08. The number of carbonyl (C=O) groups excluding carboxylic acids is 1. The Hall–Kier alpha value is -3.72. The number of benzene rings is 1. The summed E-state index contributed by atoms with van der Waals surface area (Å²) in [5.41, 5.74) is 2.86. The fraction of sp³-hybridized carbons (Fsp3) is 0.182. The maximum Gasteiger partial charge on any atom is 0.437 e. The van der Waals surface area contributed by atoms with Gasteiger partial charge >= 0.3 is 5.76 Å². The zero-order valence-electron chi connectivity index (χ0n) is 16.6. The van der Waals surface area contributed by atoms with E-state index in [4.69, 9.17) is 8.83 Å². The van der Waals surface area contributed by atoms with Crippen molar-refractivity contribution in [2.45, 2.75) is 25.9 Å². The summed E-state index contributed by atoms with van der Waals surface area (Å²) in [6.45, 7) is 1.73. The molecule has 1 aromatic carbocycles. The molecule has 4 aromatic rings. The molecular formula is C22H18N4O4S. The number of aromatic nitrogens is 2. The van der Waals surface area contributed by atoms with Gasteiger partial charge in [0.15, 0.2) is 0 Å². The van der Waals surface area contributed by atoms with Gasteiger partial charge in [0.1, 0.15) is 18.3 Å². The molecule has 0 fully saturated rings. The van der Waals surface area contributed by atoms with E-state index in [0.717, 1.165) is 26.4 Å². The fourth-order valence-corrected chi connectivity index (χ4v) is 4.11. The summed E-state index contributed by atoms with van der Waals surface area (Å²) in [5, 5.41) is 12.0. The normalized spacial score (nSPS) is 16.0. The number of aryl methyl sites for hydroxylation is 1. The van der Waals surface area contributed by atoms with Crippen molar-refractivity contribution in [3.05, 3.63) is 87.6 Å². The van der Waals surface area contributed by atoms with Crippen molar-refractivity contribution in [3.8, 4) is 10.8 Å².